The Morgan fingerprint density at radius 1 is 1.29 bits per heavy atom. The van der Waals surface area contributed by atoms with Gasteiger partial charge in [-0.2, -0.15) is 0 Å². The minimum Gasteiger partial charge on any atom is -0.481 e. The molecule has 2 amide bonds. The average molecular weight is 285 g/mol. The van der Waals surface area contributed by atoms with Crippen LogP contribution >= 0.6 is 0 Å². The molecule has 1 saturated heterocycles. The molecule has 1 aromatic carbocycles. The van der Waals surface area contributed by atoms with Gasteiger partial charge in [0.2, 0.25) is 0 Å². The van der Waals surface area contributed by atoms with Crippen LogP contribution in [0.5, 0.6) is 0 Å². The highest BCUT2D eigenvalue weighted by Gasteiger charge is 2.32. The standard InChI is InChI=1S/C15H15N3O3/c19-14(20)7-10-8-18(9-10)15(21)17-13-5-1-4-12-11(13)3-2-6-16-12/h1-6,10H,7-9H2,(H,17,21)(H,19,20). The van der Waals surface area contributed by atoms with Gasteiger partial charge in [-0.25, -0.2) is 4.79 Å². The zero-order valence-corrected chi connectivity index (χ0v) is 11.3. The Morgan fingerprint density at radius 2 is 2.10 bits per heavy atom. The van der Waals surface area contributed by atoms with E-state index < -0.39 is 5.97 Å². The van der Waals surface area contributed by atoms with Crippen molar-refractivity contribution in [2.45, 2.75) is 6.42 Å². The molecule has 2 N–H and O–H groups in total. The van der Waals surface area contributed by atoms with Gasteiger partial charge in [-0.15, -0.1) is 0 Å². The first-order valence-corrected chi connectivity index (χ1v) is 6.75. The number of fused-ring (bicyclic) bond motifs is 1. The number of carbonyl (C=O) groups is 2. The number of carboxylic acid groups (broad SMARTS) is 1. The van der Waals surface area contributed by atoms with Crippen LogP contribution in [0.15, 0.2) is 36.5 Å². The van der Waals surface area contributed by atoms with Gasteiger partial charge < -0.3 is 15.3 Å². The molecule has 0 radical (unpaired) electrons. The molecule has 1 aliphatic heterocycles. The number of carbonyl (C=O) groups excluding carboxylic acids is 1. The second kappa shape index (κ2) is 5.40. The van der Waals surface area contributed by atoms with Gasteiger partial charge in [0.25, 0.3) is 0 Å². The van der Waals surface area contributed by atoms with Gasteiger partial charge >= 0.3 is 12.0 Å². The predicted octanol–water partition coefficient (Wildman–Crippen LogP) is 2.17. The zero-order chi connectivity index (χ0) is 14.8. The Balaban J connectivity index is 1.67. The van der Waals surface area contributed by atoms with E-state index in [2.05, 4.69) is 10.3 Å². The van der Waals surface area contributed by atoms with E-state index in [9.17, 15) is 9.59 Å². The summed E-state index contributed by atoms with van der Waals surface area (Å²) in [5.41, 5.74) is 1.54. The Morgan fingerprint density at radius 3 is 2.86 bits per heavy atom. The topological polar surface area (TPSA) is 82.5 Å². The molecule has 108 valence electrons. The van der Waals surface area contributed by atoms with Crippen molar-refractivity contribution >= 4 is 28.6 Å². The number of likely N-dealkylation sites (tertiary alicyclic amines) is 1. The van der Waals surface area contributed by atoms with Gasteiger partial charge in [0.05, 0.1) is 17.6 Å². The Labute approximate surface area is 121 Å². The quantitative estimate of drug-likeness (QED) is 0.905. The van der Waals surface area contributed by atoms with Gasteiger partial charge in [-0.3, -0.25) is 9.78 Å². The summed E-state index contributed by atoms with van der Waals surface area (Å²) >= 11 is 0. The number of rotatable bonds is 3. The maximum Gasteiger partial charge on any atom is 0.321 e. The molecule has 0 bridgehead atoms. The molecular weight excluding hydrogens is 270 g/mol. The molecule has 0 saturated carbocycles. The van der Waals surface area contributed by atoms with Gasteiger partial charge in [0, 0.05) is 30.6 Å². The summed E-state index contributed by atoms with van der Waals surface area (Å²) in [5.74, 6) is -0.761. The molecule has 0 aliphatic carbocycles. The Bertz CT molecular complexity index is 690. The molecule has 6 nitrogen and oxygen atoms in total. The minimum atomic E-state index is -0.819. The fourth-order valence-corrected chi connectivity index (χ4v) is 2.52. The molecule has 0 atom stereocenters. The van der Waals surface area contributed by atoms with Crippen molar-refractivity contribution in [3.8, 4) is 0 Å². The van der Waals surface area contributed by atoms with Gasteiger partial charge in [-0.05, 0) is 24.3 Å². The van der Waals surface area contributed by atoms with E-state index in [0.29, 0.717) is 18.8 Å². The summed E-state index contributed by atoms with van der Waals surface area (Å²) < 4.78 is 0. The molecule has 21 heavy (non-hydrogen) atoms. The van der Waals surface area contributed by atoms with Gasteiger partial charge in [0.15, 0.2) is 0 Å². The zero-order valence-electron chi connectivity index (χ0n) is 11.3. The number of anilines is 1. The van der Waals surface area contributed by atoms with Gasteiger partial charge in [0.1, 0.15) is 0 Å². The van der Waals surface area contributed by atoms with Crippen LogP contribution in [0, 0.1) is 5.92 Å². The van der Waals surface area contributed by atoms with Crippen molar-refractivity contribution in [2.75, 3.05) is 18.4 Å². The fraction of sp³-hybridized carbons (Fsp3) is 0.267. The number of amides is 2. The summed E-state index contributed by atoms with van der Waals surface area (Å²) in [4.78, 5) is 28.6. The number of hydrogen-bond acceptors (Lipinski definition) is 3. The number of nitrogens with one attached hydrogen (secondary N) is 1. The lowest BCUT2D eigenvalue weighted by molar-refractivity contribution is -0.139. The lowest BCUT2D eigenvalue weighted by Crippen LogP contribution is -2.52. The summed E-state index contributed by atoms with van der Waals surface area (Å²) in [6.45, 7) is 0.975. The first-order chi connectivity index (χ1) is 10.1. The van der Waals surface area contributed by atoms with Crippen molar-refractivity contribution in [3.05, 3.63) is 36.5 Å². The normalized spacial score (nSPS) is 14.8. The molecule has 0 unspecified atom stereocenters. The molecule has 6 heteroatoms. The Hall–Kier alpha value is -2.63. The van der Waals surface area contributed by atoms with E-state index in [4.69, 9.17) is 5.11 Å². The van der Waals surface area contributed by atoms with Crippen molar-refractivity contribution in [1.82, 2.24) is 9.88 Å². The van der Waals surface area contributed by atoms with Crippen LogP contribution in [0.4, 0.5) is 10.5 Å². The van der Waals surface area contributed by atoms with E-state index in [0.717, 1.165) is 10.9 Å². The molecule has 3 rings (SSSR count). The SMILES string of the molecule is O=C(O)CC1CN(C(=O)Nc2cccc3ncccc23)C1. The lowest BCUT2D eigenvalue weighted by atomic mass is 9.97. The first kappa shape index (κ1) is 13.4. The predicted molar refractivity (Wildman–Crippen MR) is 78.1 cm³/mol. The summed E-state index contributed by atoms with van der Waals surface area (Å²) in [6.07, 6.45) is 1.82. The number of hydrogen-bond donors (Lipinski definition) is 2. The maximum absolute atomic E-state index is 12.1. The molecule has 0 spiro atoms. The number of nitrogens with zero attached hydrogens (tertiary/aromatic N) is 2. The third kappa shape index (κ3) is 2.79. The molecule has 1 fully saturated rings. The smallest absolute Gasteiger partial charge is 0.321 e. The summed E-state index contributed by atoms with van der Waals surface area (Å²) in [6, 6.07) is 9.08. The number of pyridine rings is 1. The molecule has 2 heterocycles. The van der Waals surface area contributed by atoms with E-state index >= 15 is 0 Å². The first-order valence-electron chi connectivity index (χ1n) is 6.75. The third-order valence-corrected chi connectivity index (χ3v) is 3.59. The largest absolute Gasteiger partial charge is 0.481 e. The van der Waals surface area contributed by atoms with Crippen LogP contribution in [-0.4, -0.2) is 40.1 Å². The molecular formula is C15H15N3O3. The van der Waals surface area contributed by atoms with Crippen LogP contribution in [0.25, 0.3) is 10.9 Å². The fourth-order valence-electron chi connectivity index (χ4n) is 2.52. The van der Waals surface area contributed by atoms with Crippen LogP contribution in [0.2, 0.25) is 0 Å². The summed E-state index contributed by atoms with van der Waals surface area (Å²) in [5, 5.41) is 12.4. The number of urea groups is 1. The van der Waals surface area contributed by atoms with Crippen LogP contribution < -0.4 is 5.32 Å². The number of aliphatic carboxylic acids is 1. The highest BCUT2D eigenvalue weighted by molar-refractivity contribution is 6.00. The minimum absolute atomic E-state index is 0.0578. The van der Waals surface area contributed by atoms with Gasteiger partial charge in [-0.1, -0.05) is 6.07 Å². The van der Waals surface area contributed by atoms with Crippen LogP contribution in [-0.2, 0) is 4.79 Å². The maximum atomic E-state index is 12.1. The molecule has 1 aliphatic rings. The summed E-state index contributed by atoms with van der Waals surface area (Å²) in [7, 11) is 0. The van der Waals surface area contributed by atoms with E-state index in [1.807, 2.05) is 30.3 Å². The van der Waals surface area contributed by atoms with Crippen molar-refractivity contribution in [1.29, 1.82) is 0 Å². The van der Waals surface area contributed by atoms with E-state index in [-0.39, 0.29) is 18.4 Å². The second-order valence-corrected chi connectivity index (χ2v) is 5.17. The van der Waals surface area contributed by atoms with Crippen LogP contribution in [0.1, 0.15) is 6.42 Å². The highest BCUT2D eigenvalue weighted by Crippen LogP contribution is 2.24. The average Bonchev–Trinajstić information content (AvgIpc) is 2.42. The number of aromatic nitrogens is 1. The third-order valence-electron chi connectivity index (χ3n) is 3.59. The van der Waals surface area contributed by atoms with Crippen molar-refractivity contribution in [2.24, 2.45) is 5.92 Å². The molecule has 1 aromatic heterocycles. The number of carboxylic acids is 1. The number of benzene rings is 1. The molecule has 2 aromatic rings. The monoisotopic (exact) mass is 285 g/mol. The van der Waals surface area contributed by atoms with E-state index in [1.165, 1.54) is 0 Å². The Kier molecular flexibility index (Phi) is 3.43. The second-order valence-electron chi connectivity index (χ2n) is 5.17. The highest BCUT2D eigenvalue weighted by atomic mass is 16.4. The van der Waals surface area contributed by atoms with Crippen molar-refractivity contribution < 1.29 is 14.7 Å². The van der Waals surface area contributed by atoms with Crippen molar-refractivity contribution in [3.63, 3.8) is 0 Å². The van der Waals surface area contributed by atoms with Crippen LogP contribution in [0.3, 0.4) is 0 Å². The van der Waals surface area contributed by atoms with E-state index in [1.54, 1.807) is 11.1 Å². The lowest BCUT2D eigenvalue weighted by Gasteiger charge is -2.38.